The van der Waals surface area contributed by atoms with Gasteiger partial charge in [0.15, 0.2) is 9.84 Å². The van der Waals surface area contributed by atoms with Crippen molar-refractivity contribution in [1.29, 1.82) is 0 Å². The third-order valence-electron chi connectivity index (χ3n) is 7.33. The molecular formula is C26H29FN4O5S2. The molecule has 1 amide bonds. The van der Waals surface area contributed by atoms with E-state index in [4.69, 9.17) is 0 Å². The van der Waals surface area contributed by atoms with Crippen LogP contribution in [0.4, 0.5) is 4.39 Å². The monoisotopic (exact) mass is 560 g/mol. The lowest BCUT2D eigenvalue weighted by molar-refractivity contribution is -0.119. The van der Waals surface area contributed by atoms with Crippen LogP contribution >= 0.6 is 11.8 Å². The van der Waals surface area contributed by atoms with Crippen LogP contribution in [0.3, 0.4) is 0 Å². The first-order valence-corrected chi connectivity index (χ1v) is 15.5. The van der Waals surface area contributed by atoms with E-state index < -0.39 is 44.6 Å². The second kappa shape index (κ2) is 11.0. The Hall–Kier alpha value is -2.99. The predicted octanol–water partition coefficient (Wildman–Crippen LogP) is 2.84. The van der Waals surface area contributed by atoms with Gasteiger partial charge >= 0.3 is 5.69 Å². The smallest absolute Gasteiger partial charge is 0.333 e. The Morgan fingerprint density at radius 3 is 2.34 bits per heavy atom. The second-order valence-corrected chi connectivity index (χ2v) is 13.1. The molecule has 1 saturated carbocycles. The highest BCUT2D eigenvalue weighted by Gasteiger charge is 2.30. The molecular weight excluding hydrogens is 531 g/mol. The molecule has 1 saturated heterocycles. The lowest BCUT2D eigenvalue weighted by Gasteiger charge is -2.31. The second-order valence-electron chi connectivity index (χ2n) is 9.84. The minimum Gasteiger partial charge on any atom is -0.352 e. The van der Waals surface area contributed by atoms with E-state index in [9.17, 15) is 27.2 Å². The number of hydrogen-bond acceptors (Lipinski definition) is 7. The summed E-state index contributed by atoms with van der Waals surface area (Å²) in [5, 5.41) is 2.88. The van der Waals surface area contributed by atoms with Crippen LogP contribution in [0, 0.1) is 5.82 Å². The quantitative estimate of drug-likeness (QED) is 0.492. The SMILES string of the molecule is O=C(CS(=O)(=O)c1ccccc1)N[C@H]1CC[C@@H](n2c(=O)c3cc(F)cnc3n(C3CCSCC3)c2=O)CC1. The molecule has 0 spiro atoms. The number of fused-ring (bicyclic) bond motifs is 1. The highest BCUT2D eigenvalue weighted by atomic mass is 32.2. The van der Waals surface area contributed by atoms with Crippen molar-refractivity contribution in [1.82, 2.24) is 19.4 Å². The van der Waals surface area contributed by atoms with E-state index in [1.807, 2.05) is 11.8 Å². The number of benzene rings is 1. The summed E-state index contributed by atoms with van der Waals surface area (Å²) in [6.45, 7) is 0. The van der Waals surface area contributed by atoms with Crippen molar-refractivity contribution < 1.29 is 17.6 Å². The maximum atomic E-state index is 14.1. The molecule has 0 atom stereocenters. The summed E-state index contributed by atoms with van der Waals surface area (Å²) in [6.07, 6.45) is 4.41. The van der Waals surface area contributed by atoms with Gasteiger partial charge in [0, 0.05) is 18.1 Å². The van der Waals surface area contributed by atoms with E-state index in [1.54, 1.807) is 22.8 Å². The molecule has 202 valence electrons. The summed E-state index contributed by atoms with van der Waals surface area (Å²) in [7, 11) is -3.75. The molecule has 12 heteroatoms. The lowest BCUT2D eigenvalue weighted by atomic mass is 9.91. The molecule has 1 aliphatic heterocycles. The summed E-state index contributed by atoms with van der Waals surface area (Å²) >= 11 is 1.81. The Morgan fingerprint density at radius 2 is 1.66 bits per heavy atom. The van der Waals surface area contributed by atoms with Gasteiger partial charge in [0.05, 0.1) is 16.5 Å². The van der Waals surface area contributed by atoms with Crippen molar-refractivity contribution in [3.05, 3.63) is 69.3 Å². The molecule has 0 unspecified atom stereocenters. The van der Waals surface area contributed by atoms with Gasteiger partial charge in [-0.2, -0.15) is 11.8 Å². The Balaban J connectivity index is 1.34. The number of rotatable bonds is 6. The lowest BCUT2D eigenvalue weighted by Crippen LogP contribution is -2.47. The fourth-order valence-electron chi connectivity index (χ4n) is 5.43. The van der Waals surface area contributed by atoms with Crippen LogP contribution in [0.25, 0.3) is 11.0 Å². The fourth-order valence-corrected chi connectivity index (χ4v) is 7.68. The molecule has 3 aromatic rings. The Labute approximate surface area is 223 Å². The van der Waals surface area contributed by atoms with Crippen LogP contribution in [-0.4, -0.2) is 51.7 Å². The summed E-state index contributed by atoms with van der Waals surface area (Å²) in [6, 6.07) is 8.18. The first kappa shape index (κ1) is 26.6. The Bertz CT molecular complexity index is 1560. The topological polar surface area (TPSA) is 120 Å². The largest absolute Gasteiger partial charge is 0.352 e. The van der Waals surface area contributed by atoms with Crippen molar-refractivity contribution in [3.8, 4) is 0 Å². The highest BCUT2D eigenvalue weighted by molar-refractivity contribution is 7.99. The van der Waals surface area contributed by atoms with E-state index in [0.29, 0.717) is 25.7 Å². The Morgan fingerprint density at radius 1 is 1.00 bits per heavy atom. The molecule has 3 heterocycles. The number of sulfone groups is 1. The molecule has 38 heavy (non-hydrogen) atoms. The first-order chi connectivity index (χ1) is 18.2. The van der Waals surface area contributed by atoms with Crippen molar-refractivity contribution in [2.45, 2.75) is 61.5 Å². The van der Waals surface area contributed by atoms with Gasteiger partial charge in [-0.3, -0.25) is 18.7 Å². The maximum Gasteiger partial charge on any atom is 0.333 e. The number of nitrogens with one attached hydrogen (secondary N) is 1. The van der Waals surface area contributed by atoms with Crippen LogP contribution in [0.1, 0.15) is 50.6 Å². The van der Waals surface area contributed by atoms with Crippen LogP contribution < -0.4 is 16.6 Å². The van der Waals surface area contributed by atoms with Gasteiger partial charge in [-0.25, -0.2) is 22.6 Å². The fraction of sp³-hybridized carbons (Fsp3) is 0.462. The third kappa shape index (κ3) is 5.42. The Kier molecular flexibility index (Phi) is 7.71. The van der Waals surface area contributed by atoms with Gasteiger partial charge in [-0.15, -0.1) is 0 Å². The number of hydrogen-bond donors (Lipinski definition) is 1. The number of carbonyl (C=O) groups is 1. The number of thioether (sulfide) groups is 1. The van der Waals surface area contributed by atoms with Gasteiger partial charge in [-0.05, 0) is 68.2 Å². The molecule has 1 aromatic carbocycles. The zero-order valence-corrected chi connectivity index (χ0v) is 22.3. The highest BCUT2D eigenvalue weighted by Crippen LogP contribution is 2.30. The van der Waals surface area contributed by atoms with Crippen LogP contribution in [-0.2, 0) is 14.6 Å². The van der Waals surface area contributed by atoms with Gasteiger partial charge in [0.1, 0.15) is 17.2 Å². The third-order valence-corrected chi connectivity index (χ3v) is 10.0. The van der Waals surface area contributed by atoms with Crippen LogP contribution in [0.5, 0.6) is 0 Å². The average molecular weight is 561 g/mol. The molecule has 0 bridgehead atoms. The summed E-state index contributed by atoms with van der Waals surface area (Å²) in [4.78, 5) is 43.8. The van der Waals surface area contributed by atoms with Gasteiger partial charge in [-0.1, -0.05) is 18.2 Å². The summed E-state index contributed by atoms with van der Waals surface area (Å²) in [5.74, 6) is -0.0843. The maximum absolute atomic E-state index is 14.1. The minimum absolute atomic E-state index is 0.0874. The molecule has 0 radical (unpaired) electrons. The van der Waals surface area contributed by atoms with Gasteiger partial charge in [0.25, 0.3) is 5.56 Å². The van der Waals surface area contributed by atoms with Crippen molar-refractivity contribution in [3.63, 3.8) is 0 Å². The molecule has 9 nitrogen and oxygen atoms in total. The van der Waals surface area contributed by atoms with E-state index in [-0.39, 0.29) is 28.0 Å². The first-order valence-electron chi connectivity index (χ1n) is 12.7. The average Bonchev–Trinajstić information content (AvgIpc) is 2.91. The van der Waals surface area contributed by atoms with Crippen molar-refractivity contribution >= 4 is 38.5 Å². The summed E-state index contributed by atoms with van der Waals surface area (Å²) in [5.41, 5.74) is -0.769. The zero-order chi connectivity index (χ0) is 26.9. The van der Waals surface area contributed by atoms with Crippen molar-refractivity contribution in [2.75, 3.05) is 17.3 Å². The van der Waals surface area contributed by atoms with E-state index >= 15 is 0 Å². The zero-order valence-electron chi connectivity index (χ0n) is 20.7. The normalized spacial score (nSPS) is 20.9. The summed E-state index contributed by atoms with van der Waals surface area (Å²) < 4.78 is 41.9. The molecule has 2 aliphatic rings. The molecule has 1 N–H and O–H groups in total. The predicted molar refractivity (Wildman–Crippen MR) is 144 cm³/mol. The number of amides is 1. The standard InChI is InChI=1S/C26H29FN4O5S2/c27-17-14-22-24(28-15-17)30(20-10-12-37-13-11-20)26(34)31(25(22)33)19-8-6-18(7-9-19)29-23(32)16-38(35,36)21-4-2-1-3-5-21/h1-5,14-15,18-20H,6-13,16H2,(H,29,32)/t18-,19+. The molecule has 2 fully saturated rings. The van der Waals surface area contributed by atoms with E-state index in [2.05, 4.69) is 10.3 Å². The van der Waals surface area contributed by atoms with Gasteiger partial charge < -0.3 is 5.32 Å². The minimum atomic E-state index is -3.75. The van der Waals surface area contributed by atoms with Gasteiger partial charge in [0.2, 0.25) is 5.91 Å². The molecule has 5 rings (SSSR count). The van der Waals surface area contributed by atoms with Crippen LogP contribution in [0.2, 0.25) is 0 Å². The van der Waals surface area contributed by atoms with Crippen LogP contribution in [0.15, 0.2) is 57.1 Å². The molecule has 1 aliphatic carbocycles. The number of aromatic nitrogens is 3. The molecule has 2 aromatic heterocycles. The van der Waals surface area contributed by atoms with Crippen molar-refractivity contribution in [2.24, 2.45) is 0 Å². The number of carbonyl (C=O) groups excluding carboxylic acids is 1. The van der Waals surface area contributed by atoms with E-state index in [1.165, 1.54) is 16.7 Å². The number of pyridine rings is 1. The number of halogens is 1. The number of nitrogens with zero attached hydrogens (tertiary/aromatic N) is 3. The van der Waals surface area contributed by atoms with E-state index in [0.717, 1.165) is 36.6 Å².